The molecule has 0 saturated heterocycles. The first-order valence-corrected chi connectivity index (χ1v) is 8.33. The van der Waals surface area contributed by atoms with Crippen molar-refractivity contribution in [2.24, 2.45) is 0 Å². The molecule has 0 saturated carbocycles. The number of rotatable bonds is 6. The van der Waals surface area contributed by atoms with Crippen LogP contribution in [0, 0.1) is 0 Å². The predicted molar refractivity (Wildman–Crippen MR) is 99.9 cm³/mol. The van der Waals surface area contributed by atoms with Crippen molar-refractivity contribution < 1.29 is 18.7 Å². The first-order valence-electron chi connectivity index (χ1n) is 7.95. The van der Waals surface area contributed by atoms with E-state index in [2.05, 4.69) is 5.32 Å². The zero-order valence-corrected chi connectivity index (χ0v) is 15.2. The fraction of sp³-hybridized carbons (Fsp3) is 0.150. The van der Waals surface area contributed by atoms with Gasteiger partial charge in [0.15, 0.2) is 0 Å². The van der Waals surface area contributed by atoms with E-state index >= 15 is 0 Å². The van der Waals surface area contributed by atoms with E-state index in [9.17, 15) is 4.79 Å². The van der Waals surface area contributed by atoms with Gasteiger partial charge in [-0.05, 0) is 48.5 Å². The Morgan fingerprint density at radius 1 is 1.04 bits per heavy atom. The van der Waals surface area contributed by atoms with Crippen LogP contribution in [0.1, 0.15) is 16.1 Å². The quantitative estimate of drug-likeness (QED) is 0.690. The van der Waals surface area contributed by atoms with Crippen LogP contribution in [0.15, 0.2) is 59.0 Å². The fourth-order valence-electron chi connectivity index (χ4n) is 2.49. The maximum atomic E-state index is 12.4. The monoisotopic (exact) mass is 371 g/mol. The Morgan fingerprint density at radius 3 is 2.50 bits per heavy atom. The molecule has 0 unspecified atom stereocenters. The number of benzene rings is 2. The van der Waals surface area contributed by atoms with Crippen LogP contribution in [0.5, 0.6) is 11.5 Å². The second-order valence-electron chi connectivity index (χ2n) is 5.52. The summed E-state index contributed by atoms with van der Waals surface area (Å²) in [4.78, 5) is 12.4. The molecule has 0 aliphatic carbocycles. The number of amides is 1. The minimum absolute atomic E-state index is 0.256. The average Bonchev–Trinajstić information content (AvgIpc) is 3.15. The van der Waals surface area contributed by atoms with Crippen molar-refractivity contribution in [3.8, 4) is 22.8 Å². The summed E-state index contributed by atoms with van der Waals surface area (Å²) in [5, 5.41) is 3.49. The first kappa shape index (κ1) is 17.9. The van der Waals surface area contributed by atoms with Gasteiger partial charge in [0, 0.05) is 16.7 Å². The molecule has 1 heterocycles. The summed E-state index contributed by atoms with van der Waals surface area (Å²) in [7, 11) is 3.07. The van der Waals surface area contributed by atoms with Crippen molar-refractivity contribution in [2.75, 3.05) is 14.2 Å². The molecule has 0 radical (unpaired) electrons. The van der Waals surface area contributed by atoms with Crippen molar-refractivity contribution in [2.45, 2.75) is 6.54 Å². The lowest BCUT2D eigenvalue weighted by Crippen LogP contribution is -2.23. The maximum Gasteiger partial charge on any atom is 0.255 e. The van der Waals surface area contributed by atoms with Gasteiger partial charge < -0.3 is 19.2 Å². The van der Waals surface area contributed by atoms with Gasteiger partial charge >= 0.3 is 0 Å². The number of carbonyl (C=O) groups is 1. The Bertz CT molecular complexity index is 902. The van der Waals surface area contributed by atoms with Crippen molar-refractivity contribution in [1.82, 2.24) is 5.32 Å². The highest BCUT2D eigenvalue weighted by molar-refractivity contribution is 6.30. The van der Waals surface area contributed by atoms with Crippen molar-refractivity contribution in [3.63, 3.8) is 0 Å². The summed E-state index contributed by atoms with van der Waals surface area (Å²) in [5.41, 5.74) is 1.35. The third-order valence-corrected chi connectivity index (χ3v) is 4.12. The second-order valence-corrected chi connectivity index (χ2v) is 5.96. The van der Waals surface area contributed by atoms with E-state index in [0.29, 0.717) is 33.6 Å². The normalized spacial score (nSPS) is 10.4. The van der Waals surface area contributed by atoms with Gasteiger partial charge in [-0.3, -0.25) is 4.79 Å². The van der Waals surface area contributed by atoms with Crippen LogP contribution in [-0.2, 0) is 6.54 Å². The highest BCUT2D eigenvalue weighted by Gasteiger charge is 2.14. The standard InChI is InChI=1S/C20H18ClNO4/c1-24-15-7-9-17(19(11-15)25-2)20(23)22-12-16-8-10-18(26-16)13-3-5-14(21)6-4-13/h3-11H,12H2,1-2H3,(H,22,23). The Kier molecular flexibility index (Phi) is 5.49. The minimum atomic E-state index is -0.256. The number of ether oxygens (including phenoxy) is 2. The Morgan fingerprint density at radius 2 is 1.81 bits per heavy atom. The molecule has 0 aliphatic heterocycles. The fourth-order valence-corrected chi connectivity index (χ4v) is 2.62. The van der Waals surface area contributed by atoms with E-state index in [-0.39, 0.29) is 12.5 Å². The van der Waals surface area contributed by atoms with E-state index < -0.39 is 0 Å². The molecule has 3 aromatic rings. The number of hydrogen-bond acceptors (Lipinski definition) is 4. The SMILES string of the molecule is COc1ccc(C(=O)NCc2ccc(-c3ccc(Cl)cc3)o2)c(OC)c1. The third-order valence-electron chi connectivity index (χ3n) is 3.87. The van der Waals surface area contributed by atoms with Crippen LogP contribution in [0.2, 0.25) is 5.02 Å². The van der Waals surface area contributed by atoms with Crippen LogP contribution < -0.4 is 14.8 Å². The van der Waals surface area contributed by atoms with Crippen LogP contribution >= 0.6 is 11.6 Å². The van der Waals surface area contributed by atoms with E-state index in [0.717, 1.165) is 5.56 Å². The number of carbonyl (C=O) groups excluding carboxylic acids is 1. The zero-order valence-electron chi connectivity index (χ0n) is 14.4. The first-order chi connectivity index (χ1) is 12.6. The molecule has 1 aromatic heterocycles. The number of furan rings is 1. The maximum absolute atomic E-state index is 12.4. The topological polar surface area (TPSA) is 60.7 Å². The van der Waals surface area contributed by atoms with Gasteiger partial charge in [0.25, 0.3) is 5.91 Å². The molecule has 0 atom stereocenters. The number of hydrogen-bond donors (Lipinski definition) is 1. The van der Waals surface area contributed by atoms with E-state index in [1.165, 1.54) is 7.11 Å². The molecule has 1 N–H and O–H groups in total. The van der Waals surface area contributed by atoms with Gasteiger partial charge in [0.2, 0.25) is 0 Å². The Hall–Kier alpha value is -2.92. The highest BCUT2D eigenvalue weighted by atomic mass is 35.5. The van der Waals surface area contributed by atoms with Gasteiger partial charge in [-0.25, -0.2) is 0 Å². The summed E-state index contributed by atoms with van der Waals surface area (Å²) >= 11 is 5.89. The molecule has 0 spiro atoms. The molecule has 1 amide bonds. The van der Waals surface area contributed by atoms with E-state index in [1.54, 1.807) is 37.4 Å². The summed E-state index contributed by atoms with van der Waals surface area (Å²) in [6, 6.07) is 16.1. The number of methoxy groups -OCH3 is 2. The molecule has 0 fully saturated rings. The van der Waals surface area contributed by atoms with Gasteiger partial charge in [-0.1, -0.05) is 11.6 Å². The lowest BCUT2D eigenvalue weighted by atomic mass is 10.1. The number of nitrogens with one attached hydrogen (secondary N) is 1. The minimum Gasteiger partial charge on any atom is -0.497 e. The molecule has 2 aromatic carbocycles. The molecular weight excluding hydrogens is 354 g/mol. The van der Waals surface area contributed by atoms with Gasteiger partial charge in [0.1, 0.15) is 23.0 Å². The lowest BCUT2D eigenvalue weighted by Gasteiger charge is -2.10. The molecule has 3 rings (SSSR count). The largest absolute Gasteiger partial charge is 0.497 e. The Balaban J connectivity index is 1.68. The van der Waals surface area contributed by atoms with Gasteiger partial charge in [-0.15, -0.1) is 0 Å². The average molecular weight is 372 g/mol. The Labute approximate surface area is 156 Å². The molecule has 134 valence electrons. The summed E-state index contributed by atoms with van der Waals surface area (Å²) in [5.74, 6) is 2.18. The van der Waals surface area contributed by atoms with E-state index in [1.807, 2.05) is 24.3 Å². The predicted octanol–water partition coefficient (Wildman–Crippen LogP) is 4.55. The summed E-state index contributed by atoms with van der Waals surface area (Å²) in [6.45, 7) is 0.265. The van der Waals surface area contributed by atoms with Crippen molar-refractivity contribution in [1.29, 1.82) is 0 Å². The second kappa shape index (κ2) is 7.97. The molecule has 5 nitrogen and oxygen atoms in total. The number of halogens is 1. The van der Waals surface area contributed by atoms with Crippen LogP contribution in [-0.4, -0.2) is 20.1 Å². The molecular formula is C20H18ClNO4. The van der Waals surface area contributed by atoms with Gasteiger partial charge in [0.05, 0.1) is 26.3 Å². The van der Waals surface area contributed by atoms with Crippen molar-refractivity contribution >= 4 is 17.5 Å². The lowest BCUT2D eigenvalue weighted by molar-refractivity contribution is 0.0945. The molecule has 0 bridgehead atoms. The van der Waals surface area contributed by atoms with Crippen LogP contribution in [0.4, 0.5) is 0 Å². The molecule has 0 aliphatic rings. The molecule has 26 heavy (non-hydrogen) atoms. The smallest absolute Gasteiger partial charge is 0.255 e. The summed E-state index contributed by atoms with van der Waals surface area (Å²) in [6.07, 6.45) is 0. The highest BCUT2D eigenvalue weighted by Crippen LogP contribution is 2.25. The van der Waals surface area contributed by atoms with E-state index in [4.69, 9.17) is 25.5 Å². The third kappa shape index (κ3) is 4.00. The van der Waals surface area contributed by atoms with Crippen LogP contribution in [0.25, 0.3) is 11.3 Å². The molecule has 6 heteroatoms. The van der Waals surface area contributed by atoms with Gasteiger partial charge in [-0.2, -0.15) is 0 Å². The van der Waals surface area contributed by atoms with Crippen LogP contribution in [0.3, 0.4) is 0 Å². The zero-order chi connectivity index (χ0) is 18.5. The van der Waals surface area contributed by atoms with Crippen molar-refractivity contribution in [3.05, 3.63) is 70.9 Å². The summed E-state index contributed by atoms with van der Waals surface area (Å²) < 4.78 is 16.2.